The van der Waals surface area contributed by atoms with Gasteiger partial charge in [0.15, 0.2) is 11.5 Å². The van der Waals surface area contributed by atoms with E-state index in [1.807, 2.05) is 48.5 Å². The Morgan fingerprint density at radius 2 is 1.58 bits per heavy atom. The first kappa shape index (κ1) is 21.8. The Balaban J connectivity index is 1.40. The van der Waals surface area contributed by atoms with Crippen LogP contribution in [0.3, 0.4) is 0 Å². The van der Waals surface area contributed by atoms with Crippen LogP contribution in [0.25, 0.3) is 6.08 Å². The third-order valence-electron chi connectivity index (χ3n) is 4.63. The highest BCUT2D eigenvalue weighted by Gasteiger charge is 2.01. The molecule has 0 aliphatic carbocycles. The monoisotopic (exact) mass is 419 g/mol. The number of phenolic OH excluding ortho intramolecular Hbond substituents is 2. The molecule has 1 amide bonds. The second-order valence-electron chi connectivity index (χ2n) is 6.90. The molecule has 0 saturated carbocycles. The minimum atomic E-state index is -0.230. The molecule has 0 aliphatic rings. The Hall–Kier alpha value is -3.93. The Morgan fingerprint density at radius 3 is 2.26 bits per heavy atom. The van der Waals surface area contributed by atoms with Crippen molar-refractivity contribution >= 4 is 12.0 Å². The number of amides is 1. The molecule has 0 aliphatic heterocycles. The average molecular weight is 419 g/mol. The molecule has 31 heavy (non-hydrogen) atoms. The summed E-state index contributed by atoms with van der Waals surface area (Å²) >= 11 is 0. The first-order chi connectivity index (χ1) is 15.0. The third kappa shape index (κ3) is 6.82. The lowest BCUT2D eigenvalue weighted by Crippen LogP contribution is -2.23. The van der Waals surface area contributed by atoms with Crippen LogP contribution in [0.5, 0.6) is 23.0 Å². The lowest BCUT2D eigenvalue weighted by atomic mass is 10.1. The number of methoxy groups -OCH3 is 1. The zero-order chi connectivity index (χ0) is 22.1. The van der Waals surface area contributed by atoms with E-state index in [-0.39, 0.29) is 17.4 Å². The molecule has 0 unspecified atom stereocenters. The molecule has 0 aromatic heterocycles. The molecular formula is C25H25NO5. The Bertz CT molecular complexity index is 1030. The Kier molecular flexibility index (Phi) is 7.54. The fourth-order valence-electron chi connectivity index (χ4n) is 2.85. The summed E-state index contributed by atoms with van der Waals surface area (Å²) in [5.74, 6) is 0.948. The first-order valence-corrected chi connectivity index (χ1v) is 9.86. The second-order valence-corrected chi connectivity index (χ2v) is 6.90. The topological polar surface area (TPSA) is 88.0 Å². The average Bonchev–Trinajstić information content (AvgIpc) is 2.79. The molecule has 3 N–H and O–H groups in total. The maximum Gasteiger partial charge on any atom is 0.244 e. The summed E-state index contributed by atoms with van der Waals surface area (Å²) < 4.78 is 10.9. The normalized spacial score (nSPS) is 10.7. The van der Waals surface area contributed by atoms with Crippen LogP contribution in [0.2, 0.25) is 0 Å². The van der Waals surface area contributed by atoms with Crippen molar-refractivity contribution in [3.05, 3.63) is 89.5 Å². The largest absolute Gasteiger partial charge is 0.504 e. The van der Waals surface area contributed by atoms with Gasteiger partial charge in [0.1, 0.15) is 18.1 Å². The van der Waals surface area contributed by atoms with Crippen LogP contribution in [-0.2, 0) is 17.8 Å². The van der Waals surface area contributed by atoms with Crippen LogP contribution in [0, 0.1) is 0 Å². The van der Waals surface area contributed by atoms with Crippen LogP contribution < -0.4 is 14.8 Å². The molecule has 3 rings (SSSR count). The summed E-state index contributed by atoms with van der Waals surface area (Å²) in [5.41, 5.74) is 2.77. The summed E-state index contributed by atoms with van der Waals surface area (Å²) in [6, 6.07) is 19.9. The summed E-state index contributed by atoms with van der Waals surface area (Å²) in [6.45, 7) is 0.973. The quantitative estimate of drug-likeness (QED) is 0.360. The van der Waals surface area contributed by atoms with E-state index in [0.29, 0.717) is 25.1 Å². The van der Waals surface area contributed by atoms with Gasteiger partial charge in [-0.1, -0.05) is 30.3 Å². The van der Waals surface area contributed by atoms with Gasteiger partial charge in [-0.3, -0.25) is 4.79 Å². The molecular weight excluding hydrogens is 394 g/mol. The van der Waals surface area contributed by atoms with Gasteiger partial charge >= 0.3 is 0 Å². The molecule has 0 heterocycles. The molecule has 6 nitrogen and oxygen atoms in total. The van der Waals surface area contributed by atoms with Gasteiger partial charge in [-0.2, -0.15) is 0 Å². The number of hydrogen-bond acceptors (Lipinski definition) is 5. The van der Waals surface area contributed by atoms with Gasteiger partial charge < -0.3 is 25.0 Å². The number of hydrogen-bond donors (Lipinski definition) is 3. The third-order valence-corrected chi connectivity index (χ3v) is 4.63. The summed E-state index contributed by atoms with van der Waals surface area (Å²) in [7, 11) is 1.64. The first-order valence-electron chi connectivity index (χ1n) is 9.86. The van der Waals surface area contributed by atoms with Gasteiger partial charge in [-0.05, 0) is 65.6 Å². The maximum absolute atomic E-state index is 11.9. The van der Waals surface area contributed by atoms with Gasteiger partial charge in [-0.25, -0.2) is 0 Å². The number of benzene rings is 3. The standard InChI is InChI=1S/C25H25NO5/c1-30-21-8-4-20(5-9-21)17-31-22-10-2-18(3-11-22)14-15-26-25(29)13-7-19-6-12-23(27)24(28)16-19/h2-13,16,27-28H,14-15,17H2,1H3,(H,26,29)/b13-7+. The van der Waals surface area contributed by atoms with Gasteiger partial charge in [-0.15, -0.1) is 0 Å². The highest BCUT2D eigenvalue weighted by molar-refractivity contribution is 5.91. The van der Waals surface area contributed by atoms with E-state index in [2.05, 4.69) is 5.32 Å². The Morgan fingerprint density at radius 1 is 0.903 bits per heavy atom. The van der Waals surface area contributed by atoms with Crippen LogP contribution >= 0.6 is 0 Å². The van der Waals surface area contributed by atoms with Crippen molar-refractivity contribution in [3.63, 3.8) is 0 Å². The lowest BCUT2D eigenvalue weighted by molar-refractivity contribution is -0.116. The summed E-state index contributed by atoms with van der Waals surface area (Å²) in [4.78, 5) is 11.9. The predicted octanol–water partition coefficient (Wildman–Crippen LogP) is 4.06. The van der Waals surface area contributed by atoms with Crippen LogP contribution in [0.4, 0.5) is 0 Å². The smallest absolute Gasteiger partial charge is 0.244 e. The van der Waals surface area contributed by atoms with Crippen molar-refractivity contribution in [2.75, 3.05) is 13.7 Å². The van der Waals surface area contributed by atoms with E-state index in [1.165, 1.54) is 18.2 Å². The zero-order valence-electron chi connectivity index (χ0n) is 17.2. The molecule has 160 valence electrons. The van der Waals surface area contributed by atoms with Crippen molar-refractivity contribution in [1.82, 2.24) is 5.32 Å². The van der Waals surface area contributed by atoms with Crippen molar-refractivity contribution in [2.45, 2.75) is 13.0 Å². The Labute approximate surface area is 181 Å². The minimum absolute atomic E-state index is 0.196. The lowest BCUT2D eigenvalue weighted by Gasteiger charge is -2.08. The van der Waals surface area contributed by atoms with Gasteiger partial charge in [0.25, 0.3) is 0 Å². The van der Waals surface area contributed by atoms with Crippen molar-refractivity contribution in [1.29, 1.82) is 0 Å². The number of phenols is 2. The fourth-order valence-corrected chi connectivity index (χ4v) is 2.85. The second kappa shape index (κ2) is 10.7. The van der Waals surface area contributed by atoms with E-state index >= 15 is 0 Å². The van der Waals surface area contributed by atoms with Crippen LogP contribution in [0.1, 0.15) is 16.7 Å². The number of ether oxygens (including phenoxy) is 2. The number of nitrogens with one attached hydrogen (secondary N) is 1. The molecule has 0 fully saturated rings. The van der Waals surface area contributed by atoms with E-state index in [1.54, 1.807) is 19.3 Å². The maximum atomic E-state index is 11.9. The van der Waals surface area contributed by atoms with E-state index < -0.39 is 0 Å². The fraction of sp³-hybridized carbons (Fsp3) is 0.160. The molecule has 0 bridgehead atoms. The zero-order valence-corrected chi connectivity index (χ0v) is 17.2. The molecule has 6 heteroatoms. The number of carbonyl (C=O) groups excluding carboxylic acids is 1. The summed E-state index contributed by atoms with van der Waals surface area (Å²) in [5, 5.41) is 21.6. The van der Waals surface area contributed by atoms with Crippen molar-refractivity contribution < 1.29 is 24.5 Å². The summed E-state index contributed by atoms with van der Waals surface area (Å²) in [6.07, 6.45) is 3.66. The number of rotatable bonds is 9. The van der Waals surface area contributed by atoms with E-state index in [0.717, 1.165) is 22.6 Å². The van der Waals surface area contributed by atoms with Crippen molar-refractivity contribution in [2.24, 2.45) is 0 Å². The van der Waals surface area contributed by atoms with Crippen molar-refractivity contribution in [3.8, 4) is 23.0 Å². The molecule has 0 saturated heterocycles. The predicted molar refractivity (Wildman–Crippen MR) is 119 cm³/mol. The molecule has 0 spiro atoms. The minimum Gasteiger partial charge on any atom is -0.504 e. The van der Waals surface area contributed by atoms with Gasteiger partial charge in [0.05, 0.1) is 7.11 Å². The van der Waals surface area contributed by atoms with Crippen LogP contribution in [0.15, 0.2) is 72.8 Å². The number of carbonyl (C=O) groups is 1. The molecule has 3 aromatic carbocycles. The number of aromatic hydroxyl groups is 2. The van der Waals surface area contributed by atoms with E-state index in [9.17, 15) is 15.0 Å². The highest BCUT2D eigenvalue weighted by atomic mass is 16.5. The molecule has 0 radical (unpaired) electrons. The highest BCUT2D eigenvalue weighted by Crippen LogP contribution is 2.25. The van der Waals surface area contributed by atoms with Crippen LogP contribution in [-0.4, -0.2) is 29.8 Å². The molecule has 0 atom stereocenters. The van der Waals surface area contributed by atoms with E-state index in [4.69, 9.17) is 9.47 Å². The van der Waals surface area contributed by atoms with Gasteiger partial charge in [0, 0.05) is 12.6 Å². The SMILES string of the molecule is COc1ccc(COc2ccc(CCNC(=O)/C=C/c3ccc(O)c(O)c3)cc2)cc1. The van der Waals surface area contributed by atoms with Gasteiger partial charge in [0.2, 0.25) is 5.91 Å². The molecule has 3 aromatic rings.